The van der Waals surface area contributed by atoms with Gasteiger partial charge in [0.2, 0.25) is 5.75 Å². The molecule has 11 nitrogen and oxygen atoms in total. The van der Waals surface area contributed by atoms with Crippen molar-refractivity contribution in [2.75, 3.05) is 63.3 Å². The van der Waals surface area contributed by atoms with Gasteiger partial charge in [-0.25, -0.2) is 9.97 Å². The molecule has 2 N–H and O–H groups in total. The van der Waals surface area contributed by atoms with Crippen LogP contribution in [-0.2, 0) is 20.7 Å². The Hall–Kier alpha value is -3.48. The maximum atomic E-state index is 12.8. The van der Waals surface area contributed by atoms with E-state index in [1.165, 1.54) is 11.8 Å². The lowest BCUT2D eigenvalue weighted by Gasteiger charge is -2.36. The third-order valence-electron chi connectivity index (χ3n) is 7.30. The number of Topliss-reactive ketones (excluding diaryl/α,β-unsaturated/α-hetero) is 2. The summed E-state index contributed by atoms with van der Waals surface area (Å²) >= 11 is 1.44. The van der Waals surface area contributed by atoms with Crippen LogP contribution in [0, 0.1) is 12.8 Å². The number of nitrogens with one attached hydrogen (secondary N) is 2. The quantitative estimate of drug-likeness (QED) is 0.323. The number of benzene rings is 1. The van der Waals surface area contributed by atoms with Crippen LogP contribution in [0.25, 0.3) is 0 Å². The molecule has 2 fully saturated rings. The molecule has 2 aliphatic heterocycles. The van der Waals surface area contributed by atoms with Gasteiger partial charge >= 0.3 is 0 Å². The van der Waals surface area contributed by atoms with Crippen molar-refractivity contribution in [3.8, 4) is 5.75 Å². The molecule has 0 saturated carbocycles. The molecule has 3 aromatic rings. The fraction of sp³-hybridized carbons (Fsp3) is 0.483. The summed E-state index contributed by atoms with van der Waals surface area (Å²) in [7, 11) is 1.62. The molecule has 0 atom stereocenters. The first-order valence-corrected chi connectivity index (χ1v) is 14.8. The van der Waals surface area contributed by atoms with Crippen molar-refractivity contribution in [3.05, 3.63) is 41.6 Å². The monoisotopic (exact) mass is 579 g/mol. The van der Waals surface area contributed by atoms with Gasteiger partial charge in [0.15, 0.2) is 22.6 Å². The molecular weight excluding hydrogens is 542 g/mol. The Morgan fingerprint density at radius 2 is 1.85 bits per heavy atom. The van der Waals surface area contributed by atoms with E-state index in [4.69, 9.17) is 19.4 Å². The third kappa shape index (κ3) is 7.63. The highest BCUT2D eigenvalue weighted by atomic mass is 32.2. The van der Waals surface area contributed by atoms with E-state index in [1.54, 1.807) is 14.0 Å². The molecule has 0 amide bonds. The maximum absolute atomic E-state index is 12.8. The minimum absolute atomic E-state index is 0.110. The first-order valence-electron chi connectivity index (χ1n) is 14.0. The second-order valence-corrected chi connectivity index (χ2v) is 11.6. The summed E-state index contributed by atoms with van der Waals surface area (Å²) in [6.45, 7) is 8.28. The van der Waals surface area contributed by atoms with Gasteiger partial charge in [-0.15, -0.1) is 0 Å². The van der Waals surface area contributed by atoms with Crippen LogP contribution < -0.4 is 15.0 Å². The van der Waals surface area contributed by atoms with E-state index in [2.05, 4.69) is 25.3 Å². The number of anilines is 3. The highest BCUT2D eigenvalue weighted by Crippen LogP contribution is 2.38. The number of methoxy groups -OCH3 is 1. The topological polar surface area (TPSA) is 126 Å². The summed E-state index contributed by atoms with van der Waals surface area (Å²) in [4.78, 5) is 39.4. The number of nitrogens with zero attached hydrogens (tertiary/aromatic N) is 5. The van der Waals surface area contributed by atoms with Crippen LogP contribution in [-0.4, -0.2) is 89.7 Å². The van der Waals surface area contributed by atoms with Crippen LogP contribution in [0.4, 0.5) is 17.5 Å². The zero-order valence-electron chi connectivity index (χ0n) is 23.8. The number of aryl methyl sites for hydroxylation is 1. The Morgan fingerprint density at radius 3 is 2.49 bits per heavy atom. The van der Waals surface area contributed by atoms with E-state index in [9.17, 15) is 9.59 Å². The van der Waals surface area contributed by atoms with E-state index in [0.717, 1.165) is 42.1 Å². The minimum Gasteiger partial charge on any atom is -0.490 e. The molecule has 5 rings (SSSR count). The molecule has 0 bridgehead atoms. The third-order valence-corrected chi connectivity index (χ3v) is 8.17. The molecule has 0 radical (unpaired) electrons. The minimum atomic E-state index is 0.110. The van der Waals surface area contributed by atoms with Crippen LogP contribution in [0.3, 0.4) is 0 Å². The highest BCUT2D eigenvalue weighted by molar-refractivity contribution is 7.99. The van der Waals surface area contributed by atoms with Gasteiger partial charge in [-0.2, -0.15) is 5.10 Å². The number of carbonyl (C=O) groups is 2. The largest absolute Gasteiger partial charge is 0.490 e. The fourth-order valence-corrected chi connectivity index (χ4v) is 5.86. The van der Waals surface area contributed by atoms with Gasteiger partial charge in [-0.1, -0.05) is 12.1 Å². The molecule has 1 aromatic carbocycles. The molecule has 218 valence electrons. The molecule has 12 heteroatoms. The van der Waals surface area contributed by atoms with E-state index in [0.29, 0.717) is 73.4 Å². The van der Waals surface area contributed by atoms with Gasteiger partial charge in [0.1, 0.15) is 11.6 Å². The smallest absolute Gasteiger partial charge is 0.204 e. The van der Waals surface area contributed by atoms with Crippen molar-refractivity contribution in [1.82, 2.24) is 25.1 Å². The van der Waals surface area contributed by atoms with E-state index >= 15 is 0 Å². The number of hydrogen-bond acceptors (Lipinski definition) is 11. The summed E-state index contributed by atoms with van der Waals surface area (Å²) in [6.07, 6.45) is 2.06. The number of hydrogen-bond donors (Lipinski definition) is 2. The molecule has 4 heterocycles. The Kier molecular flexibility index (Phi) is 9.53. The van der Waals surface area contributed by atoms with Gasteiger partial charge in [0, 0.05) is 68.4 Å². The lowest BCUT2D eigenvalue weighted by molar-refractivity contribution is -0.127. The number of rotatable bonds is 11. The summed E-state index contributed by atoms with van der Waals surface area (Å²) in [5, 5.41) is 11.1. The van der Waals surface area contributed by atoms with E-state index in [-0.39, 0.29) is 11.7 Å². The fourth-order valence-electron chi connectivity index (χ4n) is 5.11. The lowest BCUT2D eigenvalue weighted by atomic mass is 9.95. The van der Waals surface area contributed by atoms with Crippen molar-refractivity contribution in [3.63, 3.8) is 0 Å². The number of aromatic amines is 1. The van der Waals surface area contributed by atoms with E-state index < -0.39 is 0 Å². The molecule has 41 heavy (non-hydrogen) atoms. The van der Waals surface area contributed by atoms with E-state index in [1.807, 2.05) is 37.3 Å². The van der Waals surface area contributed by atoms with Crippen LogP contribution >= 0.6 is 11.8 Å². The standard InChI is InChI=1S/C29H37N7O4S/c1-19-16-25(34-33-19)30-27-26(39-3)28(32-29(31-27)41-23-6-4-21(5-7-23)17-20(2)37)36-12-10-35(11-13-36)18-24(38)22-8-14-40-15-9-22/h4-7,16,22H,8-15,17-18H2,1-3H3,(H2,30,31,32,33,34). The first kappa shape index (κ1) is 29.0. The number of aromatic nitrogens is 4. The van der Waals surface area contributed by atoms with Crippen molar-refractivity contribution in [1.29, 1.82) is 0 Å². The van der Waals surface area contributed by atoms with Crippen LogP contribution in [0.5, 0.6) is 5.75 Å². The SMILES string of the molecule is COc1c(Nc2cc(C)[nH]n2)nc(Sc2ccc(CC(C)=O)cc2)nc1N1CCN(CC(=O)C2CCOCC2)CC1. The number of carbonyl (C=O) groups excluding carboxylic acids is 2. The summed E-state index contributed by atoms with van der Waals surface area (Å²) in [5.41, 5.74) is 1.90. The molecular formula is C29H37N7O4S. The molecule has 0 aliphatic carbocycles. The number of ketones is 2. The summed E-state index contributed by atoms with van der Waals surface area (Å²) in [5.74, 6) is 2.95. The summed E-state index contributed by atoms with van der Waals surface area (Å²) < 4.78 is 11.3. The van der Waals surface area contributed by atoms with Gasteiger partial charge in [-0.3, -0.25) is 19.6 Å². The molecule has 2 saturated heterocycles. The highest BCUT2D eigenvalue weighted by Gasteiger charge is 2.28. The van der Waals surface area contributed by atoms with Gasteiger partial charge in [0.25, 0.3) is 0 Å². The van der Waals surface area contributed by atoms with Gasteiger partial charge < -0.3 is 19.7 Å². The summed E-state index contributed by atoms with van der Waals surface area (Å²) in [6, 6.07) is 9.78. The number of H-pyrrole nitrogens is 1. The molecule has 2 aliphatic rings. The predicted molar refractivity (Wildman–Crippen MR) is 157 cm³/mol. The van der Waals surface area contributed by atoms with Crippen molar-refractivity contribution in [2.45, 2.75) is 43.2 Å². The van der Waals surface area contributed by atoms with Crippen molar-refractivity contribution >= 4 is 40.8 Å². The van der Waals surface area contributed by atoms with Crippen LogP contribution in [0.1, 0.15) is 31.0 Å². The number of piperazine rings is 1. The van der Waals surface area contributed by atoms with Crippen molar-refractivity contribution < 1.29 is 19.1 Å². The first-order chi connectivity index (χ1) is 19.9. The molecule has 0 spiro atoms. The Morgan fingerprint density at radius 1 is 1.12 bits per heavy atom. The number of ether oxygens (including phenoxy) is 2. The van der Waals surface area contributed by atoms with Gasteiger partial charge in [-0.05, 0) is 56.1 Å². The second-order valence-electron chi connectivity index (χ2n) is 10.5. The van der Waals surface area contributed by atoms with Crippen LogP contribution in [0.15, 0.2) is 40.4 Å². The molecule has 2 aromatic heterocycles. The normalized spacial score (nSPS) is 16.5. The molecule has 0 unspecified atom stereocenters. The maximum Gasteiger partial charge on any atom is 0.204 e. The second kappa shape index (κ2) is 13.5. The van der Waals surface area contributed by atoms with Crippen LogP contribution in [0.2, 0.25) is 0 Å². The predicted octanol–water partition coefficient (Wildman–Crippen LogP) is 3.66. The Balaban J connectivity index is 1.35. The van der Waals surface area contributed by atoms with Crippen molar-refractivity contribution in [2.24, 2.45) is 5.92 Å². The average molecular weight is 580 g/mol. The Bertz CT molecular complexity index is 1350. The average Bonchev–Trinajstić information content (AvgIpc) is 3.38. The lowest BCUT2D eigenvalue weighted by Crippen LogP contribution is -2.49. The van der Waals surface area contributed by atoms with Gasteiger partial charge in [0.05, 0.1) is 13.7 Å². The zero-order chi connectivity index (χ0) is 28.8. The Labute approximate surface area is 244 Å². The zero-order valence-corrected chi connectivity index (χ0v) is 24.6.